The van der Waals surface area contributed by atoms with Crippen molar-refractivity contribution >= 4 is 40.7 Å². The number of amides is 2. The van der Waals surface area contributed by atoms with Crippen LogP contribution >= 0.6 is 23.2 Å². The lowest BCUT2D eigenvalue weighted by Crippen LogP contribution is -2.32. The predicted octanol–water partition coefficient (Wildman–Crippen LogP) is 4.22. The van der Waals surface area contributed by atoms with Gasteiger partial charge in [0.05, 0.1) is 5.69 Å². The average Bonchev–Trinajstić information content (AvgIpc) is 2.94. The number of halogens is 2. The zero-order chi connectivity index (χ0) is 18.4. The maximum Gasteiger partial charge on any atom is 0.234 e. The van der Waals surface area contributed by atoms with Gasteiger partial charge in [-0.2, -0.15) is 0 Å². The lowest BCUT2D eigenvalue weighted by molar-refractivity contribution is -0.121. The van der Waals surface area contributed by atoms with Gasteiger partial charge in [0.25, 0.3) is 0 Å². The third-order valence-corrected chi connectivity index (χ3v) is 5.63. The number of carbonyl (C=O) groups excluding carboxylic acids is 2. The summed E-state index contributed by atoms with van der Waals surface area (Å²) < 4.78 is 0. The monoisotopic (exact) mass is 388 g/mol. The van der Waals surface area contributed by atoms with Crippen molar-refractivity contribution in [2.45, 2.75) is 25.3 Å². The zero-order valence-electron chi connectivity index (χ0n) is 14.3. The maximum atomic E-state index is 12.1. The van der Waals surface area contributed by atoms with E-state index in [1.807, 2.05) is 30.3 Å². The topological polar surface area (TPSA) is 40.6 Å². The highest BCUT2D eigenvalue weighted by Crippen LogP contribution is 2.39. The van der Waals surface area contributed by atoms with E-state index in [-0.39, 0.29) is 30.6 Å². The molecule has 0 saturated carbocycles. The van der Waals surface area contributed by atoms with Crippen molar-refractivity contribution < 1.29 is 9.59 Å². The SMILES string of the molecule is CN1Cc2c(Cl)cc(Cl)cc2[C@H](c2cccc(N3C(=O)CCC3=O)c2)C1. The van der Waals surface area contributed by atoms with Gasteiger partial charge in [-0.3, -0.25) is 14.5 Å². The van der Waals surface area contributed by atoms with E-state index >= 15 is 0 Å². The Balaban J connectivity index is 1.78. The van der Waals surface area contributed by atoms with Crippen LogP contribution in [0.1, 0.15) is 35.4 Å². The van der Waals surface area contributed by atoms with Crippen LogP contribution in [-0.4, -0.2) is 30.3 Å². The van der Waals surface area contributed by atoms with Crippen molar-refractivity contribution in [1.82, 2.24) is 4.90 Å². The predicted molar refractivity (Wildman–Crippen MR) is 103 cm³/mol. The van der Waals surface area contributed by atoms with Crippen molar-refractivity contribution in [2.24, 2.45) is 0 Å². The first kappa shape index (κ1) is 17.5. The Morgan fingerprint density at radius 3 is 2.50 bits per heavy atom. The molecule has 4 rings (SSSR count). The molecule has 2 amide bonds. The lowest BCUT2D eigenvalue weighted by atomic mass is 9.84. The standard InChI is InChI=1S/C20H18Cl2N2O2/c1-23-10-16(15-8-13(21)9-18(22)17(15)11-23)12-3-2-4-14(7-12)24-19(25)5-6-20(24)26/h2-4,7-9,16H,5-6,10-11H2,1H3/t16-/m0/s1. The Morgan fingerprint density at radius 1 is 1.04 bits per heavy atom. The Labute approximate surface area is 162 Å². The molecule has 2 heterocycles. The molecule has 2 aromatic carbocycles. The Kier molecular flexibility index (Phi) is 4.51. The molecule has 1 saturated heterocycles. The number of anilines is 1. The first-order valence-electron chi connectivity index (χ1n) is 8.56. The van der Waals surface area contributed by atoms with Crippen molar-refractivity contribution in [1.29, 1.82) is 0 Å². The summed E-state index contributed by atoms with van der Waals surface area (Å²) in [7, 11) is 2.05. The minimum Gasteiger partial charge on any atom is -0.301 e. The van der Waals surface area contributed by atoms with Crippen LogP contribution < -0.4 is 4.90 Å². The van der Waals surface area contributed by atoms with Gasteiger partial charge in [-0.25, -0.2) is 0 Å². The van der Waals surface area contributed by atoms with E-state index in [0.29, 0.717) is 15.7 Å². The first-order valence-corrected chi connectivity index (χ1v) is 9.31. The van der Waals surface area contributed by atoms with Gasteiger partial charge in [0.2, 0.25) is 11.8 Å². The quantitative estimate of drug-likeness (QED) is 0.722. The highest BCUT2D eigenvalue weighted by Gasteiger charge is 2.32. The molecule has 2 aromatic rings. The van der Waals surface area contributed by atoms with Crippen LogP contribution in [0.25, 0.3) is 0 Å². The second-order valence-electron chi connectivity index (χ2n) is 6.92. The molecule has 26 heavy (non-hydrogen) atoms. The van der Waals surface area contributed by atoms with Crippen LogP contribution in [0.2, 0.25) is 10.0 Å². The molecule has 2 aliphatic rings. The molecular formula is C20H18Cl2N2O2. The fourth-order valence-corrected chi connectivity index (χ4v) is 4.44. The van der Waals surface area contributed by atoms with Crippen LogP contribution in [0.5, 0.6) is 0 Å². The van der Waals surface area contributed by atoms with Crippen molar-refractivity contribution in [3.05, 3.63) is 63.1 Å². The molecule has 0 unspecified atom stereocenters. The fraction of sp³-hybridized carbons (Fsp3) is 0.300. The summed E-state index contributed by atoms with van der Waals surface area (Å²) in [6.45, 7) is 1.58. The third kappa shape index (κ3) is 3.02. The molecule has 0 spiro atoms. The van der Waals surface area contributed by atoms with Crippen LogP contribution in [-0.2, 0) is 16.1 Å². The van der Waals surface area contributed by atoms with Crippen LogP contribution in [0.3, 0.4) is 0 Å². The Hall–Kier alpha value is -1.88. The molecule has 0 N–H and O–H groups in total. The molecule has 4 nitrogen and oxygen atoms in total. The molecular weight excluding hydrogens is 371 g/mol. The van der Waals surface area contributed by atoms with E-state index in [4.69, 9.17) is 23.2 Å². The smallest absolute Gasteiger partial charge is 0.234 e. The summed E-state index contributed by atoms with van der Waals surface area (Å²) in [5, 5.41) is 1.29. The van der Waals surface area contributed by atoms with Crippen molar-refractivity contribution in [2.75, 3.05) is 18.5 Å². The summed E-state index contributed by atoms with van der Waals surface area (Å²) in [5.74, 6) is -0.202. The molecule has 0 aromatic heterocycles. The van der Waals surface area contributed by atoms with Crippen molar-refractivity contribution in [3.63, 3.8) is 0 Å². The van der Waals surface area contributed by atoms with E-state index < -0.39 is 0 Å². The van der Waals surface area contributed by atoms with E-state index in [9.17, 15) is 9.59 Å². The van der Waals surface area contributed by atoms with Crippen LogP contribution in [0.4, 0.5) is 5.69 Å². The van der Waals surface area contributed by atoms with E-state index in [0.717, 1.165) is 29.8 Å². The molecule has 0 radical (unpaired) electrons. The Bertz CT molecular complexity index is 897. The third-order valence-electron chi connectivity index (χ3n) is 5.07. The van der Waals surface area contributed by atoms with Gasteiger partial charge in [0.1, 0.15) is 0 Å². The first-order chi connectivity index (χ1) is 12.4. The average molecular weight is 389 g/mol. The number of likely N-dealkylation sites (N-methyl/N-ethyl adjacent to an activating group) is 1. The summed E-state index contributed by atoms with van der Waals surface area (Å²) >= 11 is 12.7. The fourth-order valence-electron chi connectivity index (χ4n) is 3.88. The van der Waals surface area contributed by atoms with Gasteiger partial charge in [0.15, 0.2) is 0 Å². The minimum atomic E-state index is -0.139. The second-order valence-corrected chi connectivity index (χ2v) is 7.77. The summed E-state index contributed by atoms with van der Waals surface area (Å²) in [4.78, 5) is 27.7. The number of hydrogen-bond acceptors (Lipinski definition) is 3. The number of imide groups is 1. The number of hydrogen-bond donors (Lipinski definition) is 0. The molecule has 1 fully saturated rings. The lowest BCUT2D eigenvalue weighted by Gasteiger charge is -2.33. The number of rotatable bonds is 2. The normalized spacial score (nSPS) is 20.6. The minimum absolute atomic E-state index is 0.0766. The van der Waals surface area contributed by atoms with E-state index in [1.54, 1.807) is 6.07 Å². The highest BCUT2D eigenvalue weighted by atomic mass is 35.5. The Morgan fingerprint density at radius 2 is 1.77 bits per heavy atom. The maximum absolute atomic E-state index is 12.1. The van der Waals surface area contributed by atoms with Gasteiger partial charge in [-0.15, -0.1) is 0 Å². The highest BCUT2D eigenvalue weighted by molar-refractivity contribution is 6.35. The number of nitrogens with zero attached hydrogens (tertiary/aromatic N) is 2. The summed E-state index contributed by atoms with van der Waals surface area (Å²) in [6, 6.07) is 11.4. The van der Waals surface area contributed by atoms with Gasteiger partial charge in [-0.05, 0) is 48.0 Å². The van der Waals surface area contributed by atoms with E-state index in [1.165, 1.54) is 4.90 Å². The van der Waals surface area contributed by atoms with Crippen LogP contribution in [0, 0.1) is 0 Å². The summed E-state index contributed by atoms with van der Waals surface area (Å²) in [6.07, 6.45) is 0.562. The second kappa shape index (κ2) is 6.69. The van der Waals surface area contributed by atoms with Crippen molar-refractivity contribution in [3.8, 4) is 0 Å². The molecule has 1 atom stereocenters. The molecule has 6 heteroatoms. The molecule has 134 valence electrons. The van der Waals surface area contributed by atoms with Gasteiger partial charge >= 0.3 is 0 Å². The molecule has 0 aliphatic carbocycles. The largest absolute Gasteiger partial charge is 0.301 e. The van der Waals surface area contributed by atoms with Gasteiger partial charge < -0.3 is 4.90 Å². The van der Waals surface area contributed by atoms with Gasteiger partial charge in [-0.1, -0.05) is 35.3 Å². The van der Waals surface area contributed by atoms with Crippen LogP contribution in [0.15, 0.2) is 36.4 Å². The number of fused-ring (bicyclic) bond motifs is 1. The number of benzene rings is 2. The van der Waals surface area contributed by atoms with Gasteiger partial charge in [0, 0.05) is 41.9 Å². The number of carbonyl (C=O) groups is 2. The van der Waals surface area contributed by atoms with E-state index in [2.05, 4.69) is 11.9 Å². The molecule has 2 aliphatic heterocycles. The summed E-state index contributed by atoms with van der Waals surface area (Å²) in [5.41, 5.74) is 3.87. The molecule has 0 bridgehead atoms. The zero-order valence-corrected chi connectivity index (χ0v) is 15.8.